The summed E-state index contributed by atoms with van der Waals surface area (Å²) in [5.41, 5.74) is 7.60. The number of amides is 1. The van der Waals surface area contributed by atoms with Gasteiger partial charge in [-0.2, -0.15) is 5.10 Å². The van der Waals surface area contributed by atoms with Crippen molar-refractivity contribution in [2.24, 2.45) is 5.10 Å². The standard InChI is InChI=1S/C20H21N3O2/c1-13-9-19(25-3)14(2)8-15(13)12-22-23-20(24)10-16-11-21-18-7-5-4-6-17(16)18/h4-9,11-12,21H,10H2,1-3H3,(H,23,24)/b22-12+. The van der Waals surface area contributed by atoms with Crippen molar-refractivity contribution >= 4 is 23.0 Å². The number of carbonyl (C=O) groups excluding carboxylic acids is 1. The van der Waals surface area contributed by atoms with E-state index in [1.807, 2.05) is 56.4 Å². The lowest BCUT2D eigenvalue weighted by molar-refractivity contribution is -0.120. The van der Waals surface area contributed by atoms with Crippen molar-refractivity contribution < 1.29 is 9.53 Å². The molecule has 0 aliphatic rings. The SMILES string of the molecule is COc1cc(C)c(/C=N/NC(=O)Cc2c[nH]c3ccccc23)cc1C. The van der Waals surface area contributed by atoms with Gasteiger partial charge < -0.3 is 9.72 Å². The van der Waals surface area contributed by atoms with Crippen LogP contribution in [0, 0.1) is 13.8 Å². The molecule has 0 unspecified atom stereocenters. The first-order valence-electron chi connectivity index (χ1n) is 8.10. The Hall–Kier alpha value is -3.08. The number of ether oxygens (including phenoxy) is 1. The van der Waals surface area contributed by atoms with Gasteiger partial charge in [0.2, 0.25) is 5.91 Å². The molecule has 1 amide bonds. The van der Waals surface area contributed by atoms with E-state index in [9.17, 15) is 4.79 Å². The molecule has 0 bridgehead atoms. The van der Waals surface area contributed by atoms with Crippen LogP contribution in [-0.4, -0.2) is 24.2 Å². The number of rotatable bonds is 5. The van der Waals surface area contributed by atoms with Crippen molar-refractivity contribution in [3.8, 4) is 5.75 Å². The first kappa shape index (κ1) is 16.8. The van der Waals surface area contributed by atoms with Crippen LogP contribution in [-0.2, 0) is 11.2 Å². The van der Waals surface area contributed by atoms with Crippen LogP contribution in [0.4, 0.5) is 0 Å². The van der Waals surface area contributed by atoms with E-state index in [2.05, 4.69) is 15.5 Å². The van der Waals surface area contributed by atoms with Gasteiger partial charge in [-0.15, -0.1) is 0 Å². The average molecular weight is 335 g/mol. The molecule has 0 aliphatic heterocycles. The average Bonchev–Trinajstić information content (AvgIpc) is 3.00. The number of aryl methyl sites for hydroxylation is 2. The molecular formula is C20H21N3O2. The van der Waals surface area contributed by atoms with Crippen LogP contribution in [0.15, 0.2) is 47.7 Å². The summed E-state index contributed by atoms with van der Waals surface area (Å²) in [4.78, 5) is 15.3. The molecule has 128 valence electrons. The lowest BCUT2D eigenvalue weighted by Crippen LogP contribution is -2.19. The van der Waals surface area contributed by atoms with E-state index in [-0.39, 0.29) is 12.3 Å². The monoisotopic (exact) mass is 335 g/mol. The Kier molecular flexibility index (Phi) is 4.84. The molecule has 5 nitrogen and oxygen atoms in total. The Balaban J connectivity index is 1.66. The number of para-hydroxylation sites is 1. The number of fused-ring (bicyclic) bond motifs is 1. The van der Waals surface area contributed by atoms with Gasteiger partial charge in [-0.3, -0.25) is 4.79 Å². The van der Waals surface area contributed by atoms with E-state index in [1.54, 1.807) is 13.3 Å². The second-order valence-electron chi connectivity index (χ2n) is 6.01. The molecule has 0 saturated carbocycles. The number of nitrogens with one attached hydrogen (secondary N) is 2. The number of aromatic nitrogens is 1. The Morgan fingerprint density at radius 2 is 2.04 bits per heavy atom. The number of hydrogen-bond donors (Lipinski definition) is 2. The van der Waals surface area contributed by atoms with Crippen molar-refractivity contribution in [3.63, 3.8) is 0 Å². The highest BCUT2D eigenvalue weighted by Crippen LogP contribution is 2.21. The van der Waals surface area contributed by atoms with Gasteiger partial charge in [-0.25, -0.2) is 5.43 Å². The largest absolute Gasteiger partial charge is 0.496 e. The second-order valence-corrected chi connectivity index (χ2v) is 6.01. The van der Waals surface area contributed by atoms with Gasteiger partial charge in [0.25, 0.3) is 0 Å². The zero-order valence-electron chi connectivity index (χ0n) is 14.6. The van der Waals surface area contributed by atoms with Gasteiger partial charge in [0.05, 0.1) is 19.7 Å². The van der Waals surface area contributed by atoms with Crippen LogP contribution in [0.5, 0.6) is 5.75 Å². The second kappa shape index (κ2) is 7.21. The maximum atomic E-state index is 12.1. The molecule has 0 aliphatic carbocycles. The molecule has 1 heterocycles. The summed E-state index contributed by atoms with van der Waals surface area (Å²) in [6, 6.07) is 11.9. The number of methoxy groups -OCH3 is 1. The lowest BCUT2D eigenvalue weighted by atomic mass is 10.1. The number of hydrazone groups is 1. The number of hydrogen-bond acceptors (Lipinski definition) is 3. The summed E-state index contributed by atoms with van der Waals surface area (Å²) >= 11 is 0. The smallest absolute Gasteiger partial charge is 0.244 e. The molecule has 0 radical (unpaired) electrons. The summed E-state index contributed by atoms with van der Waals surface area (Å²) in [7, 11) is 1.65. The fourth-order valence-corrected chi connectivity index (χ4v) is 2.84. The molecule has 3 rings (SSSR count). The van der Waals surface area contributed by atoms with Gasteiger partial charge in [0.15, 0.2) is 0 Å². The summed E-state index contributed by atoms with van der Waals surface area (Å²) in [5, 5.41) is 5.14. The van der Waals surface area contributed by atoms with Gasteiger partial charge in [-0.05, 0) is 54.3 Å². The summed E-state index contributed by atoms with van der Waals surface area (Å²) in [6.45, 7) is 3.96. The highest BCUT2D eigenvalue weighted by molar-refractivity contribution is 5.89. The highest BCUT2D eigenvalue weighted by atomic mass is 16.5. The quantitative estimate of drug-likeness (QED) is 0.554. The molecular weight excluding hydrogens is 314 g/mol. The van der Waals surface area contributed by atoms with E-state index in [0.717, 1.165) is 38.9 Å². The summed E-state index contributed by atoms with van der Waals surface area (Å²) in [5.74, 6) is 0.696. The third-order valence-electron chi connectivity index (χ3n) is 4.20. The first-order chi connectivity index (χ1) is 12.1. The van der Waals surface area contributed by atoms with E-state index < -0.39 is 0 Å². The van der Waals surface area contributed by atoms with Crippen LogP contribution in [0.3, 0.4) is 0 Å². The van der Waals surface area contributed by atoms with Crippen LogP contribution in [0.25, 0.3) is 10.9 Å². The fraction of sp³-hybridized carbons (Fsp3) is 0.200. The number of carbonyl (C=O) groups is 1. The van der Waals surface area contributed by atoms with Crippen LogP contribution < -0.4 is 10.2 Å². The van der Waals surface area contributed by atoms with Crippen molar-refractivity contribution in [1.29, 1.82) is 0 Å². The third-order valence-corrected chi connectivity index (χ3v) is 4.20. The Morgan fingerprint density at radius 3 is 2.84 bits per heavy atom. The predicted molar refractivity (Wildman–Crippen MR) is 100 cm³/mol. The van der Waals surface area contributed by atoms with E-state index in [0.29, 0.717) is 0 Å². The van der Waals surface area contributed by atoms with Gasteiger partial charge in [-0.1, -0.05) is 18.2 Å². The number of aromatic amines is 1. The number of nitrogens with zero attached hydrogens (tertiary/aromatic N) is 1. The molecule has 0 spiro atoms. The van der Waals surface area contributed by atoms with Crippen molar-refractivity contribution in [1.82, 2.24) is 10.4 Å². The normalized spacial score (nSPS) is 11.2. The third kappa shape index (κ3) is 3.71. The van der Waals surface area contributed by atoms with Gasteiger partial charge >= 0.3 is 0 Å². The molecule has 0 saturated heterocycles. The number of H-pyrrole nitrogens is 1. The minimum absolute atomic E-state index is 0.149. The molecule has 25 heavy (non-hydrogen) atoms. The van der Waals surface area contributed by atoms with Crippen LogP contribution in [0.2, 0.25) is 0 Å². The predicted octanol–water partition coefficient (Wildman–Crippen LogP) is 3.49. The Labute approximate surface area is 146 Å². The van der Waals surface area contributed by atoms with Crippen molar-refractivity contribution in [3.05, 3.63) is 64.8 Å². The molecule has 1 aromatic heterocycles. The number of benzene rings is 2. The van der Waals surface area contributed by atoms with E-state index in [4.69, 9.17) is 4.74 Å². The zero-order chi connectivity index (χ0) is 17.8. The molecule has 2 aromatic carbocycles. The van der Waals surface area contributed by atoms with Gasteiger partial charge in [0.1, 0.15) is 5.75 Å². The van der Waals surface area contributed by atoms with Crippen molar-refractivity contribution in [2.75, 3.05) is 7.11 Å². The molecule has 0 fully saturated rings. The van der Waals surface area contributed by atoms with E-state index in [1.165, 1.54) is 0 Å². The maximum absolute atomic E-state index is 12.1. The molecule has 0 atom stereocenters. The van der Waals surface area contributed by atoms with Crippen LogP contribution >= 0.6 is 0 Å². The zero-order valence-corrected chi connectivity index (χ0v) is 14.6. The Bertz CT molecular complexity index is 941. The van der Waals surface area contributed by atoms with Crippen LogP contribution in [0.1, 0.15) is 22.3 Å². The fourth-order valence-electron chi connectivity index (χ4n) is 2.84. The first-order valence-corrected chi connectivity index (χ1v) is 8.10. The minimum Gasteiger partial charge on any atom is -0.496 e. The maximum Gasteiger partial charge on any atom is 0.244 e. The summed E-state index contributed by atoms with van der Waals surface area (Å²) in [6.07, 6.45) is 3.81. The van der Waals surface area contributed by atoms with Gasteiger partial charge in [0, 0.05) is 17.1 Å². The summed E-state index contributed by atoms with van der Waals surface area (Å²) < 4.78 is 5.30. The molecule has 5 heteroatoms. The van der Waals surface area contributed by atoms with Crippen molar-refractivity contribution in [2.45, 2.75) is 20.3 Å². The lowest BCUT2D eigenvalue weighted by Gasteiger charge is -2.08. The molecule has 3 aromatic rings. The molecule has 2 N–H and O–H groups in total. The minimum atomic E-state index is -0.149. The Morgan fingerprint density at radius 1 is 1.24 bits per heavy atom. The highest BCUT2D eigenvalue weighted by Gasteiger charge is 2.08. The van der Waals surface area contributed by atoms with E-state index >= 15 is 0 Å². The topological polar surface area (TPSA) is 66.5 Å².